The van der Waals surface area contributed by atoms with E-state index >= 15 is 0 Å². The van der Waals surface area contributed by atoms with Crippen LogP contribution in [0, 0.1) is 11.8 Å². The highest BCUT2D eigenvalue weighted by atomic mass is 19.4. The number of hydrogen-bond donors (Lipinski definition) is 0. The van der Waals surface area contributed by atoms with Gasteiger partial charge in [0.2, 0.25) is 0 Å². The average molecular weight is 180 g/mol. The van der Waals surface area contributed by atoms with E-state index in [0.29, 0.717) is 0 Å². The van der Waals surface area contributed by atoms with E-state index in [2.05, 4.69) is 0 Å². The maximum atomic E-state index is 12.2. The molecule has 1 fully saturated rings. The molecule has 0 spiro atoms. The first kappa shape index (κ1) is 9.87. The molecule has 72 valence electrons. The smallest absolute Gasteiger partial charge is 0.171 e. The number of rotatable bonds is 1. The summed E-state index contributed by atoms with van der Waals surface area (Å²) in [7, 11) is 0. The third kappa shape index (κ3) is 2.39. The van der Waals surface area contributed by atoms with Crippen LogP contribution >= 0.6 is 0 Å². The van der Waals surface area contributed by atoms with Crippen LogP contribution in [-0.4, -0.2) is 6.18 Å². The fraction of sp³-hybridized carbons (Fsp3) is 1.00. The van der Waals surface area contributed by atoms with Crippen LogP contribution in [0.4, 0.5) is 13.2 Å². The Kier molecular flexibility index (Phi) is 3.02. The van der Waals surface area contributed by atoms with Gasteiger partial charge in [-0.2, -0.15) is 13.2 Å². The zero-order valence-electron chi connectivity index (χ0n) is 7.32. The standard InChI is InChI=1S/C9H15F3/c1-7(9(10,11)12)8-5-3-2-4-6-8/h7-8H,2-6H2,1H3/t7-/m0/s1. The summed E-state index contributed by atoms with van der Waals surface area (Å²) in [5.41, 5.74) is 0. The van der Waals surface area contributed by atoms with Gasteiger partial charge < -0.3 is 0 Å². The van der Waals surface area contributed by atoms with Gasteiger partial charge in [0.1, 0.15) is 0 Å². The normalized spacial score (nSPS) is 24.0. The highest BCUT2D eigenvalue weighted by Crippen LogP contribution is 2.38. The van der Waals surface area contributed by atoms with Crippen molar-refractivity contribution in [1.29, 1.82) is 0 Å². The van der Waals surface area contributed by atoms with Gasteiger partial charge in [-0.1, -0.05) is 26.2 Å². The summed E-state index contributed by atoms with van der Waals surface area (Å²) in [4.78, 5) is 0. The molecule has 12 heavy (non-hydrogen) atoms. The molecule has 0 saturated heterocycles. The van der Waals surface area contributed by atoms with Gasteiger partial charge in [0, 0.05) is 0 Å². The van der Waals surface area contributed by atoms with Crippen LogP contribution < -0.4 is 0 Å². The number of hydrogen-bond acceptors (Lipinski definition) is 0. The maximum absolute atomic E-state index is 12.2. The molecule has 1 aliphatic carbocycles. The molecule has 0 amide bonds. The molecule has 0 aliphatic heterocycles. The van der Waals surface area contributed by atoms with Crippen molar-refractivity contribution >= 4 is 0 Å². The first-order valence-corrected chi connectivity index (χ1v) is 4.58. The minimum Gasteiger partial charge on any atom is -0.171 e. The van der Waals surface area contributed by atoms with Gasteiger partial charge in [-0.3, -0.25) is 0 Å². The largest absolute Gasteiger partial charge is 0.391 e. The Morgan fingerprint density at radius 1 is 1.08 bits per heavy atom. The monoisotopic (exact) mass is 180 g/mol. The molecule has 1 aliphatic rings. The molecule has 0 nitrogen and oxygen atoms in total. The van der Waals surface area contributed by atoms with Crippen LogP contribution in [0.5, 0.6) is 0 Å². The van der Waals surface area contributed by atoms with Crippen LogP contribution in [0.1, 0.15) is 39.0 Å². The summed E-state index contributed by atoms with van der Waals surface area (Å²) in [6.07, 6.45) is 0.612. The lowest BCUT2D eigenvalue weighted by Crippen LogP contribution is -2.29. The summed E-state index contributed by atoms with van der Waals surface area (Å²) in [6.45, 7) is 1.32. The van der Waals surface area contributed by atoms with Crippen molar-refractivity contribution in [3.63, 3.8) is 0 Å². The van der Waals surface area contributed by atoms with Crippen molar-refractivity contribution in [2.75, 3.05) is 0 Å². The topological polar surface area (TPSA) is 0 Å². The van der Waals surface area contributed by atoms with E-state index in [0.717, 1.165) is 32.1 Å². The Morgan fingerprint density at radius 2 is 1.58 bits per heavy atom. The fourth-order valence-corrected chi connectivity index (χ4v) is 1.90. The van der Waals surface area contributed by atoms with Gasteiger partial charge in [-0.25, -0.2) is 0 Å². The Morgan fingerprint density at radius 3 is 2.00 bits per heavy atom. The Balaban J connectivity index is 2.45. The fourth-order valence-electron chi connectivity index (χ4n) is 1.90. The van der Waals surface area contributed by atoms with Gasteiger partial charge in [0.15, 0.2) is 0 Å². The van der Waals surface area contributed by atoms with E-state index in [-0.39, 0.29) is 5.92 Å². The second-order valence-corrected chi connectivity index (χ2v) is 3.73. The summed E-state index contributed by atoms with van der Waals surface area (Å²) < 4.78 is 36.7. The minimum atomic E-state index is -3.98. The zero-order valence-corrected chi connectivity index (χ0v) is 7.32. The molecule has 1 rings (SSSR count). The first-order valence-electron chi connectivity index (χ1n) is 4.58. The van der Waals surface area contributed by atoms with Crippen LogP contribution in [0.2, 0.25) is 0 Å². The third-order valence-corrected chi connectivity index (χ3v) is 2.87. The van der Waals surface area contributed by atoms with E-state index in [1.54, 1.807) is 0 Å². The van der Waals surface area contributed by atoms with E-state index in [9.17, 15) is 13.2 Å². The molecule has 0 radical (unpaired) electrons. The van der Waals surface area contributed by atoms with Crippen LogP contribution in [0.25, 0.3) is 0 Å². The Bertz CT molecular complexity index is 133. The third-order valence-electron chi connectivity index (χ3n) is 2.87. The molecule has 1 atom stereocenters. The lowest BCUT2D eigenvalue weighted by molar-refractivity contribution is -0.186. The second kappa shape index (κ2) is 3.67. The zero-order chi connectivity index (χ0) is 9.19. The van der Waals surface area contributed by atoms with Gasteiger partial charge in [-0.15, -0.1) is 0 Å². The van der Waals surface area contributed by atoms with Crippen molar-refractivity contribution < 1.29 is 13.2 Å². The predicted molar refractivity (Wildman–Crippen MR) is 41.8 cm³/mol. The first-order chi connectivity index (χ1) is 5.52. The Labute approximate surface area is 71.1 Å². The van der Waals surface area contributed by atoms with E-state index in [1.807, 2.05) is 0 Å². The molecule has 0 bridgehead atoms. The highest BCUT2D eigenvalue weighted by Gasteiger charge is 2.40. The summed E-state index contributed by atoms with van der Waals surface area (Å²) in [5, 5.41) is 0. The molecule has 0 N–H and O–H groups in total. The van der Waals surface area contributed by atoms with Crippen molar-refractivity contribution in [2.24, 2.45) is 11.8 Å². The van der Waals surface area contributed by atoms with E-state index < -0.39 is 12.1 Å². The van der Waals surface area contributed by atoms with Crippen molar-refractivity contribution in [3.8, 4) is 0 Å². The van der Waals surface area contributed by atoms with Crippen molar-refractivity contribution in [2.45, 2.75) is 45.2 Å². The lowest BCUT2D eigenvalue weighted by Gasteiger charge is -2.28. The molecule has 0 aromatic rings. The van der Waals surface area contributed by atoms with Gasteiger partial charge in [-0.05, 0) is 18.8 Å². The molecular formula is C9H15F3. The minimum absolute atomic E-state index is 0.112. The second-order valence-electron chi connectivity index (χ2n) is 3.73. The van der Waals surface area contributed by atoms with Gasteiger partial charge >= 0.3 is 6.18 Å². The van der Waals surface area contributed by atoms with Crippen molar-refractivity contribution in [3.05, 3.63) is 0 Å². The predicted octanol–water partition coefficient (Wildman–Crippen LogP) is 3.77. The van der Waals surface area contributed by atoms with Crippen LogP contribution in [0.15, 0.2) is 0 Å². The molecule has 0 heterocycles. The van der Waals surface area contributed by atoms with Crippen LogP contribution in [0.3, 0.4) is 0 Å². The summed E-state index contributed by atoms with van der Waals surface area (Å²) in [5.74, 6) is -1.21. The number of halogens is 3. The molecule has 3 heteroatoms. The summed E-state index contributed by atoms with van der Waals surface area (Å²) in [6, 6.07) is 0. The average Bonchev–Trinajstić information content (AvgIpc) is 2.03. The molecular weight excluding hydrogens is 165 g/mol. The molecule has 0 aromatic heterocycles. The van der Waals surface area contributed by atoms with Gasteiger partial charge in [0.05, 0.1) is 5.92 Å². The SMILES string of the molecule is C[C@@H](C1CCCCC1)C(F)(F)F. The molecule has 0 aromatic carbocycles. The maximum Gasteiger partial charge on any atom is 0.391 e. The van der Waals surface area contributed by atoms with Crippen molar-refractivity contribution in [1.82, 2.24) is 0 Å². The van der Waals surface area contributed by atoms with Gasteiger partial charge in [0.25, 0.3) is 0 Å². The Hall–Kier alpha value is -0.210. The lowest BCUT2D eigenvalue weighted by atomic mass is 9.80. The van der Waals surface area contributed by atoms with Crippen LogP contribution in [-0.2, 0) is 0 Å². The molecule has 0 unspecified atom stereocenters. The quantitative estimate of drug-likeness (QED) is 0.576. The van der Waals surface area contributed by atoms with E-state index in [4.69, 9.17) is 0 Å². The molecule has 1 saturated carbocycles. The summed E-state index contributed by atoms with van der Waals surface area (Å²) >= 11 is 0. The number of alkyl halides is 3. The highest BCUT2D eigenvalue weighted by molar-refractivity contribution is 4.75. The van der Waals surface area contributed by atoms with E-state index in [1.165, 1.54) is 6.92 Å².